The van der Waals surface area contributed by atoms with Gasteiger partial charge in [0.2, 0.25) is 0 Å². The van der Waals surface area contributed by atoms with Gasteiger partial charge in [-0.15, -0.1) is 0 Å². The normalized spacial score (nSPS) is 10.6. The Labute approximate surface area is 183 Å². The monoisotopic (exact) mass is 431 g/mol. The number of aromatic nitrogens is 2. The molecule has 1 N–H and O–H groups in total. The summed E-state index contributed by atoms with van der Waals surface area (Å²) in [5.41, 5.74) is 2.96. The van der Waals surface area contributed by atoms with E-state index in [4.69, 9.17) is 11.6 Å². The lowest BCUT2D eigenvalue weighted by Gasteiger charge is -2.19. The maximum atomic E-state index is 13.3. The van der Waals surface area contributed by atoms with Crippen molar-refractivity contribution in [2.75, 3.05) is 11.4 Å². The van der Waals surface area contributed by atoms with E-state index in [1.165, 1.54) is 4.90 Å². The maximum Gasteiger partial charge on any atom is 0.323 e. The van der Waals surface area contributed by atoms with Gasteiger partial charge in [0, 0.05) is 16.3 Å². The summed E-state index contributed by atoms with van der Waals surface area (Å²) in [6, 6.07) is 27.1. The number of para-hydroxylation sites is 1. The van der Waals surface area contributed by atoms with Crippen LogP contribution in [0, 0.1) is 0 Å². The molecule has 0 spiro atoms. The number of hydrogen-bond donors (Lipinski definition) is 1. The van der Waals surface area contributed by atoms with E-state index in [1.807, 2.05) is 60.7 Å². The van der Waals surface area contributed by atoms with Gasteiger partial charge < -0.3 is 5.11 Å². The molecule has 0 aliphatic heterocycles. The first-order valence-corrected chi connectivity index (χ1v) is 9.91. The average molecular weight is 432 g/mol. The summed E-state index contributed by atoms with van der Waals surface area (Å²) in [6.07, 6.45) is 0. The molecular weight excluding hydrogens is 414 g/mol. The molecule has 1 heterocycles. The largest absolute Gasteiger partial charge is 0.480 e. The Morgan fingerprint density at radius 1 is 0.903 bits per heavy atom. The molecule has 6 nitrogen and oxygen atoms in total. The summed E-state index contributed by atoms with van der Waals surface area (Å²) in [7, 11) is 0. The number of aliphatic carboxylic acids is 1. The number of carboxylic acids is 1. The number of nitrogens with zero attached hydrogens (tertiary/aromatic N) is 3. The first-order valence-electron chi connectivity index (χ1n) is 9.53. The van der Waals surface area contributed by atoms with Gasteiger partial charge in [-0.2, -0.15) is 5.10 Å². The molecule has 0 saturated carbocycles. The van der Waals surface area contributed by atoms with Gasteiger partial charge in [-0.05, 0) is 42.5 Å². The fourth-order valence-corrected chi connectivity index (χ4v) is 3.37. The number of carboxylic acid groups (broad SMARTS) is 1. The predicted molar refractivity (Wildman–Crippen MR) is 120 cm³/mol. The zero-order chi connectivity index (χ0) is 21.8. The number of benzene rings is 3. The summed E-state index contributed by atoms with van der Waals surface area (Å²) >= 11 is 5.94. The molecule has 0 aliphatic carbocycles. The Hall–Kier alpha value is -3.90. The van der Waals surface area contributed by atoms with E-state index >= 15 is 0 Å². The molecule has 0 radical (unpaired) electrons. The van der Waals surface area contributed by atoms with Crippen LogP contribution in [0.5, 0.6) is 0 Å². The molecule has 0 atom stereocenters. The fraction of sp³-hybridized carbons (Fsp3) is 0.0417. The molecule has 3 aromatic carbocycles. The van der Waals surface area contributed by atoms with Crippen LogP contribution in [0.15, 0.2) is 91.0 Å². The zero-order valence-electron chi connectivity index (χ0n) is 16.4. The molecule has 0 fully saturated rings. The lowest BCUT2D eigenvalue weighted by molar-refractivity contribution is -0.135. The first-order chi connectivity index (χ1) is 15.0. The molecular formula is C24H18ClN3O3. The van der Waals surface area contributed by atoms with Crippen molar-refractivity contribution in [3.05, 3.63) is 102 Å². The smallest absolute Gasteiger partial charge is 0.323 e. The quantitative estimate of drug-likeness (QED) is 0.470. The van der Waals surface area contributed by atoms with Gasteiger partial charge in [0.1, 0.15) is 6.54 Å². The third-order valence-electron chi connectivity index (χ3n) is 4.68. The van der Waals surface area contributed by atoms with Crippen molar-refractivity contribution < 1.29 is 14.7 Å². The molecule has 0 bridgehead atoms. The van der Waals surface area contributed by atoms with Gasteiger partial charge >= 0.3 is 5.97 Å². The molecule has 7 heteroatoms. The summed E-state index contributed by atoms with van der Waals surface area (Å²) < 4.78 is 1.68. The van der Waals surface area contributed by atoms with E-state index in [-0.39, 0.29) is 5.69 Å². The van der Waals surface area contributed by atoms with Crippen molar-refractivity contribution in [3.8, 4) is 16.9 Å². The third-order valence-corrected chi connectivity index (χ3v) is 4.93. The summed E-state index contributed by atoms with van der Waals surface area (Å²) in [6.45, 7) is -0.501. The SMILES string of the molecule is O=C(O)CN(C(=O)c1cc(-c2ccccc2)n(-c2ccccc2)n1)c1ccc(Cl)cc1. The Bertz CT molecular complexity index is 1150. The van der Waals surface area contributed by atoms with Crippen LogP contribution in [0.25, 0.3) is 16.9 Å². The molecule has 4 rings (SSSR count). The Kier molecular flexibility index (Phi) is 5.82. The molecule has 154 valence electrons. The van der Waals surface area contributed by atoms with Crippen molar-refractivity contribution in [2.24, 2.45) is 0 Å². The number of anilines is 1. The standard InChI is InChI=1S/C24H18ClN3O3/c25-18-11-13-19(14-12-18)27(16-23(29)30)24(31)21-15-22(17-7-3-1-4-8-17)28(26-21)20-9-5-2-6-10-20/h1-15H,16H2,(H,29,30). The average Bonchev–Trinajstić information content (AvgIpc) is 3.24. The lowest BCUT2D eigenvalue weighted by atomic mass is 10.1. The van der Waals surface area contributed by atoms with E-state index in [1.54, 1.807) is 35.0 Å². The lowest BCUT2D eigenvalue weighted by Crippen LogP contribution is -2.36. The molecule has 1 amide bonds. The van der Waals surface area contributed by atoms with Crippen LogP contribution in [0.2, 0.25) is 5.02 Å². The highest BCUT2D eigenvalue weighted by Crippen LogP contribution is 2.26. The summed E-state index contributed by atoms with van der Waals surface area (Å²) in [5.74, 6) is -1.65. The van der Waals surface area contributed by atoms with E-state index in [2.05, 4.69) is 5.10 Å². The van der Waals surface area contributed by atoms with Crippen molar-refractivity contribution in [2.45, 2.75) is 0 Å². The minimum Gasteiger partial charge on any atom is -0.480 e. The number of amides is 1. The van der Waals surface area contributed by atoms with Gasteiger partial charge in [-0.3, -0.25) is 14.5 Å². The number of carbonyl (C=O) groups is 2. The Morgan fingerprint density at radius 2 is 1.52 bits per heavy atom. The highest BCUT2D eigenvalue weighted by molar-refractivity contribution is 6.30. The van der Waals surface area contributed by atoms with E-state index < -0.39 is 18.4 Å². The second kappa shape index (κ2) is 8.85. The molecule has 0 unspecified atom stereocenters. The van der Waals surface area contributed by atoms with Crippen molar-refractivity contribution in [3.63, 3.8) is 0 Å². The van der Waals surface area contributed by atoms with E-state index in [0.29, 0.717) is 10.7 Å². The van der Waals surface area contributed by atoms with Crippen LogP contribution < -0.4 is 4.90 Å². The molecule has 31 heavy (non-hydrogen) atoms. The number of halogens is 1. The van der Waals surface area contributed by atoms with E-state index in [9.17, 15) is 14.7 Å². The Morgan fingerprint density at radius 3 is 2.13 bits per heavy atom. The second-order valence-electron chi connectivity index (χ2n) is 6.79. The predicted octanol–water partition coefficient (Wildman–Crippen LogP) is 4.92. The molecule has 1 aromatic heterocycles. The second-order valence-corrected chi connectivity index (χ2v) is 7.23. The third kappa shape index (κ3) is 4.49. The number of rotatable bonds is 6. The van der Waals surface area contributed by atoms with Crippen LogP contribution in [0.3, 0.4) is 0 Å². The number of hydrogen-bond acceptors (Lipinski definition) is 3. The van der Waals surface area contributed by atoms with Crippen molar-refractivity contribution in [1.29, 1.82) is 0 Å². The summed E-state index contributed by atoms with van der Waals surface area (Å²) in [5, 5.41) is 14.4. The van der Waals surface area contributed by atoms with E-state index in [0.717, 1.165) is 16.9 Å². The molecule has 4 aromatic rings. The Balaban J connectivity index is 1.80. The van der Waals surface area contributed by atoms with Crippen LogP contribution in [0.4, 0.5) is 5.69 Å². The van der Waals surface area contributed by atoms with Gasteiger partial charge in [-0.25, -0.2) is 4.68 Å². The van der Waals surface area contributed by atoms with Crippen LogP contribution in [0.1, 0.15) is 10.5 Å². The molecule has 0 saturated heterocycles. The van der Waals surface area contributed by atoms with Crippen LogP contribution in [-0.4, -0.2) is 33.3 Å². The highest BCUT2D eigenvalue weighted by Gasteiger charge is 2.25. The van der Waals surface area contributed by atoms with Gasteiger partial charge in [-0.1, -0.05) is 60.1 Å². The van der Waals surface area contributed by atoms with Crippen LogP contribution in [-0.2, 0) is 4.79 Å². The van der Waals surface area contributed by atoms with Gasteiger partial charge in [0.15, 0.2) is 5.69 Å². The van der Waals surface area contributed by atoms with Crippen molar-refractivity contribution in [1.82, 2.24) is 9.78 Å². The topological polar surface area (TPSA) is 75.4 Å². The highest BCUT2D eigenvalue weighted by atomic mass is 35.5. The van der Waals surface area contributed by atoms with Gasteiger partial charge in [0.25, 0.3) is 5.91 Å². The van der Waals surface area contributed by atoms with Gasteiger partial charge in [0.05, 0.1) is 11.4 Å². The minimum atomic E-state index is -1.13. The number of carbonyl (C=O) groups excluding carboxylic acids is 1. The molecule has 0 aliphatic rings. The fourth-order valence-electron chi connectivity index (χ4n) is 3.24. The minimum absolute atomic E-state index is 0.138. The van der Waals surface area contributed by atoms with Crippen molar-refractivity contribution >= 4 is 29.2 Å². The zero-order valence-corrected chi connectivity index (χ0v) is 17.1. The first kappa shape index (κ1) is 20.4. The maximum absolute atomic E-state index is 13.3. The summed E-state index contributed by atoms with van der Waals surface area (Å²) in [4.78, 5) is 26.0. The van der Waals surface area contributed by atoms with Crippen LogP contribution >= 0.6 is 11.6 Å².